The molecular formula is C12H20N2O2. The third-order valence-electron chi connectivity index (χ3n) is 2.97. The van der Waals surface area contributed by atoms with Gasteiger partial charge in [-0.1, -0.05) is 12.8 Å². The van der Waals surface area contributed by atoms with Crippen LogP contribution in [-0.2, 0) is 9.53 Å². The van der Waals surface area contributed by atoms with E-state index in [0.717, 1.165) is 19.3 Å². The third kappa shape index (κ3) is 4.19. The number of rotatable bonds is 5. The van der Waals surface area contributed by atoms with Gasteiger partial charge in [-0.05, 0) is 19.8 Å². The van der Waals surface area contributed by atoms with Gasteiger partial charge in [0, 0.05) is 12.6 Å². The molecule has 0 spiro atoms. The van der Waals surface area contributed by atoms with Crippen molar-refractivity contribution in [1.82, 2.24) is 5.32 Å². The summed E-state index contributed by atoms with van der Waals surface area (Å²) < 4.78 is 4.84. The van der Waals surface area contributed by atoms with E-state index in [0.29, 0.717) is 19.6 Å². The summed E-state index contributed by atoms with van der Waals surface area (Å²) in [6, 6.07) is 2.60. The van der Waals surface area contributed by atoms with Gasteiger partial charge in [0.15, 0.2) is 0 Å². The SMILES string of the molecule is CCOC(=O)CCNC1CCCCC1C#N. The first-order valence-corrected chi connectivity index (χ1v) is 6.06. The number of nitriles is 1. The van der Waals surface area contributed by atoms with Crippen LogP contribution >= 0.6 is 0 Å². The zero-order chi connectivity index (χ0) is 11.8. The van der Waals surface area contributed by atoms with Gasteiger partial charge in [0.05, 0.1) is 25.0 Å². The maximum atomic E-state index is 11.1. The molecule has 0 radical (unpaired) electrons. The summed E-state index contributed by atoms with van der Waals surface area (Å²) in [7, 11) is 0. The molecule has 90 valence electrons. The van der Waals surface area contributed by atoms with E-state index in [-0.39, 0.29) is 17.9 Å². The summed E-state index contributed by atoms with van der Waals surface area (Å²) in [5.41, 5.74) is 0. The van der Waals surface area contributed by atoms with Crippen molar-refractivity contribution in [3.8, 4) is 6.07 Å². The van der Waals surface area contributed by atoms with E-state index in [1.165, 1.54) is 6.42 Å². The Kier molecular flexibility index (Phi) is 5.87. The van der Waals surface area contributed by atoms with Gasteiger partial charge in [-0.25, -0.2) is 0 Å². The highest BCUT2D eigenvalue weighted by molar-refractivity contribution is 5.69. The van der Waals surface area contributed by atoms with Crippen molar-refractivity contribution >= 4 is 5.97 Å². The second-order valence-corrected chi connectivity index (χ2v) is 4.14. The number of carbonyl (C=O) groups is 1. The third-order valence-corrected chi connectivity index (χ3v) is 2.97. The number of nitrogens with zero attached hydrogens (tertiary/aromatic N) is 1. The smallest absolute Gasteiger partial charge is 0.307 e. The molecule has 0 aliphatic heterocycles. The molecule has 1 aliphatic carbocycles. The van der Waals surface area contributed by atoms with Gasteiger partial charge in [0.1, 0.15) is 0 Å². The van der Waals surface area contributed by atoms with E-state index in [4.69, 9.17) is 10.00 Å². The summed E-state index contributed by atoms with van der Waals surface area (Å²) in [4.78, 5) is 11.1. The predicted octanol–water partition coefficient (Wildman–Crippen LogP) is 1.61. The maximum absolute atomic E-state index is 11.1. The van der Waals surface area contributed by atoms with Gasteiger partial charge < -0.3 is 10.1 Å². The fourth-order valence-corrected chi connectivity index (χ4v) is 2.12. The number of nitrogens with one attached hydrogen (secondary N) is 1. The minimum absolute atomic E-state index is 0.107. The Balaban J connectivity index is 2.20. The zero-order valence-corrected chi connectivity index (χ0v) is 9.87. The second-order valence-electron chi connectivity index (χ2n) is 4.14. The molecule has 4 nitrogen and oxygen atoms in total. The standard InChI is InChI=1S/C12H20N2O2/c1-2-16-12(15)7-8-14-11-6-4-3-5-10(11)9-13/h10-11,14H,2-8H2,1H3. The zero-order valence-electron chi connectivity index (χ0n) is 9.87. The van der Waals surface area contributed by atoms with Crippen molar-refractivity contribution in [3.05, 3.63) is 0 Å². The van der Waals surface area contributed by atoms with E-state index in [1.54, 1.807) is 6.92 Å². The molecule has 1 saturated carbocycles. The number of ether oxygens (including phenoxy) is 1. The lowest BCUT2D eigenvalue weighted by molar-refractivity contribution is -0.143. The number of hydrogen-bond acceptors (Lipinski definition) is 4. The van der Waals surface area contributed by atoms with Crippen LogP contribution in [0.1, 0.15) is 39.0 Å². The number of esters is 1. The summed E-state index contributed by atoms with van der Waals surface area (Å²) in [5.74, 6) is -0.0599. The maximum Gasteiger partial charge on any atom is 0.307 e. The first-order valence-electron chi connectivity index (χ1n) is 6.06. The second kappa shape index (κ2) is 7.24. The highest BCUT2D eigenvalue weighted by Crippen LogP contribution is 2.23. The topological polar surface area (TPSA) is 62.1 Å². The molecule has 1 aliphatic rings. The molecule has 0 heterocycles. The normalized spacial score (nSPS) is 24.8. The van der Waals surface area contributed by atoms with E-state index in [1.807, 2.05) is 0 Å². The molecule has 1 N–H and O–H groups in total. The van der Waals surface area contributed by atoms with E-state index in [9.17, 15) is 4.79 Å². The molecule has 4 heteroatoms. The predicted molar refractivity (Wildman–Crippen MR) is 60.6 cm³/mol. The van der Waals surface area contributed by atoms with Crippen molar-refractivity contribution in [1.29, 1.82) is 5.26 Å². The quantitative estimate of drug-likeness (QED) is 0.721. The Morgan fingerprint density at radius 1 is 1.50 bits per heavy atom. The molecule has 1 fully saturated rings. The van der Waals surface area contributed by atoms with E-state index in [2.05, 4.69) is 11.4 Å². The van der Waals surface area contributed by atoms with Crippen LogP contribution in [0.3, 0.4) is 0 Å². The summed E-state index contributed by atoms with van der Waals surface area (Å²) >= 11 is 0. The van der Waals surface area contributed by atoms with E-state index >= 15 is 0 Å². The highest BCUT2D eigenvalue weighted by Gasteiger charge is 2.24. The molecule has 0 saturated heterocycles. The average Bonchev–Trinajstić information content (AvgIpc) is 2.30. The summed E-state index contributed by atoms with van der Waals surface area (Å²) in [5, 5.41) is 12.3. The van der Waals surface area contributed by atoms with Gasteiger partial charge in [-0.15, -0.1) is 0 Å². The monoisotopic (exact) mass is 224 g/mol. The summed E-state index contributed by atoms with van der Waals surface area (Å²) in [6.45, 7) is 2.85. The Hall–Kier alpha value is -1.08. The Morgan fingerprint density at radius 3 is 2.94 bits per heavy atom. The fraction of sp³-hybridized carbons (Fsp3) is 0.833. The highest BCUT2D eigenvalue weighted by atomic mass is 16.5. The molecular weight excluding hydrogens is 204 g/mol. The molecule has 2 atom stereocenters. The van der Waals surface area contributed by atoms with Crippen LogP contribution in [-0.4, -0.2) is 25.2 Å². The Morgan fingerprint density at radius 2 is 2.25 bits per heavy atom. The first kappa shape index (κ1) is 13.0. The van der Waals surface area contributed by atoms with Crippen LogP contribution in [0, 0.1) is 17.2 Å². The minimum Gasteiger partial charge on any atom is -0.466 e. The molecule has 0 aromatic heterocycles. The van der Waals surface area contributed by atoms with Crippen LogP contribution in [0.5, 0.6) is 0 Å². The average molecular weight is 224 g/mol. The number of hydrogen-bond donors (Lipinski definition) is 1. The van der Waals surface area contributed by atoms with Crippen molar-refractivity contribution in [2.45, 2.75) is 45.1 Å². The van der Waals surface area contributed by atoms with Gasteiger partial charge in [0.2, 0.25) is 0 Å². The fourth-order valence-electron chi connectivity index (χ4n) is 2.12. The van der Waals surface area contributed by atoms with Gasteiger partial charge in [0.25, 0.3) is 0 Å². The Bertz CT molecular complexity index is 260. The molecule has 0 bridgehead atoms. The molecule has 2 unspecified atom stereocenters. The Labute approximate surface area is 97.0 Å². The van der Waals surface area contributed by atoms with Crippen LogP contribution in [0.4, 0.5) is 0 Å². The lowest BCUT2D eigenvalue weighted by Crippen LogP contribution is -2.39. The van der Waals surface area contributed by atoms with Crippen molar-refractivity contribution in [3.63, 3.8) is 0 Å². The first-order chi connectivity index (χ1) is 7.77. The molecule has 16 heavy (non-hydrogen) atoms. The van der Waals surface area contributed by atoms with Gasteiger partial charge in [-0.3, -0.25) is 4.79 Å². The summed E-state index contributed by atoms with van der Waals surface area (Å²) in [6.07, 6.45) is 4.74. The van der Waals surface area contributed by atoms with Gasteiger partial charge >= 0.3 is 5.97 Å². The largest absolute Gasteiger partial charge is 0.466 e. The van der Waals surface area contributed by atoms with Crippen molar-refractivity contribution in [2.75, 3.05) is 13.2 Å². The van der Waals surface area contributed by atoms with Crippen LogP contribution in [0.25, 0.3) is 0 Å². The van der Waals surface area contributed by atoms with Crippen molar-refractivity contribution in [2.24, 2.45) is 5.92 Å². The lowest BCUT2D eigenvalue weighted by atomic mass is 9.85. The molecule has 0 aromatic rings. The molecule has 1 rings (SSSR count). The molecule has 0 aromatic carbocycles. The van der Waals surface area contributed by atoms with Crippen molar-refractivity contribution < 1.29 is 9.53 Å². The van der Waals surface area contributed by atoms with Crippen LogP contribution < -0.4 is 5.32 Å². The lowest BCUT2D eigenvalue weighted by Gasteiger charge is -2.27. The minimum atomic E-state index is -0.167. The van der Waals surface area contributed by atoms with Crippen LogP contribution in [0.15, 0.2) is 0 Å². The van der Waals surface area contributed by atoms with Gasteiger partial charge in [-0.2, -0.15) is 5.26 Å². The molecule has 0 amide bonds. The number of carbonyl (C=O) groups excluding carboxylic acids is 1. The van der Waals surface area contributed by atoms with Crippen LogP contribution in [0.2, 0.25) is 0 Å². The van der Waals surface area contributed by atoms with E-state index < -0.39 is 0 Å².